The van der Waals surface area contributed by atoms with Gasteiger partial charge in [-0.15, -0.1) is 0 Å². The molecule has 0 spiro atoms. The SMILES string of the molecule is N[C@@H]1Cc2ccccc2[C@H]1NC(=O)C(=O)Cc1ccc(Cl)c(F)c1. The Balaban J connectivity index is 1.68. The second kappa shape index (κ2) is 6.71. The standard InChI is InChI=1S/C18H16ClFN2O2/c19-13-6-5-10(7-14(13)20)8-16(23)18(24)22-17-12-4-2-1-3-11(12)9-15(17)21/h1-7,15,17H,8-9,21H2,(H,22,24)/t15-,17-/m1/s1. The van der Waals surface area contributed by atoms with Crippen molar-refractivity contribution < 1.29 is 14.0 Å². The predicted octanol–water partition coefficient (Wildman–Crippen LogP) is 2.33. The van der Waals surface area contributed by atoms with Crippen molar-refractivity contribution in [2.24, 2.45) is 5.73 Å². The minimum absolute atomic E-state index is 0.0239. The predicted molar refractivity (Wildman–Crippen MR) is 89.1 cm³/mol. The fraction of sp³-hybridized carbons (Fsp3) is 0.222. The molecule has 3 rings (SSSR count). The number of carbonyl (C=O) groups is 2. The van der Waals surface area contributed by atoms with Crippen LogP contribution in [0.15, 0.2) is 42.5 Å². The molecule has 2 aromatic carbocycles. The molecule has 4 nitrogen and oxygen atoms in total. The quantitative estimate of drug-likeness (QED) is 0.835. The third-order valence-electron chi connectivity index (χ3n) is 4.16. The summed E-state index contributed by atoms with van der Waals surface area (Å²) < 4.78 is 13.4. The van der Waals surface area contributed by atoms with Gasteiger partial charge >= 0.3 is 0 Å². The summed E-state index contributed by atoms with van der Waals surface area (Å²) in [5.74, 6) is -1.98. The van der Waals surface area contributed by atoms with Crippen molar-refractivity contribution in [1.29, 1.82) is 0 Å². The third-order valence-corrected chi connectivity index (χ3v) is 4.47. The number of nitrogens with two attached hydrogens (primary N) is 1. The number of fused-ring (bicyclic) bond motifs is 1. The molecule has 0 heterocycles. The Morgan fingerprint density at radius 1 is 1.25 bits per heavy atom. The summed E-state index contributed by atoms with van der Waals surface area (Å²) in [7, 11) is 0. The van der Waals surface area contributed by atoms with Crippen LogP contribution in [0.3, 0.4) is 0 Å². The Hall–Kier alpha value is -2.24. The molecule has 0 saturated heterocycles. The van der Waals surface area contributed by atoms with Crippen LogP contribution in [0.25, 0.3) is 0 Å². The monoisotopic (exact) mass is 346 g/mol. The second-order valence-corrected chi connectivity index (χ2v) is 6.27. The number of hydrogen-bond acceptors (Lipinski definition) is 3. The average molecular weight is 347 g/mol. The normalized spacial score (nSPS) is 19.0. The number of ketones is 1. The van der Waals surface area contributed by atoms with Crippen molar-refractivity contribution in [2.75, 3.05) is 0 Å². The largest absolute Gasteiger partial charge is 0.341 e. The molecule has 0 fully saturated rings. The van der Waals surface area contributed by atoms with Gasteiger partial charge in [-0.05, 0) is 35.2 Å². The molecule has 6 heteroatoms. The Morgan fingerprint density at radius 3 is 2.75 bits per heavy atom. The molecule has 0 unspecified atom stereocenters. The van der Waals surface area contributed by atoms with Gasteiger partial charge in [-0.2, -0.15) is 0 Å². The van der Waals surface area contributed by atoms with E-state index in [2.05, 4.69) is 5.32 Å². The molecule has 0 radical (unpaired) electrons. The van der Waals surface area contributed by atoms with E-state index in [1.54, 1.807) is 0 Å². The summed E-state index contributed by atoms with van der Waals surface area (Å²) in [6, 6.07) is 11.0. The summed E-state index contributed by atoms with van der Waals surface area (Å²) in [5, 5.41) is 2.67. The summed E-state index contributed by atoms with van der Waals surface area (Å²) in [4.78, 5) is 24.3. The molecule has 3 N–H and O–H groups in total. The van der Waals surface area contributed by atoms with Gasteiger partial charge in [0.1, 0.15) is 5.82 Å². The zero-order valence-corrected chi connectivity index (χ0v) is 13.5. The fourth-order valence-corrected chi connectivity index (χ4v) is 3.07. The van der Waals surface area contributed by atoms with E-state index in [0.717, 1.165) is 17.2 Å². The van der Waals surface area contributed by atoms with E-state index in [-0.39, 0.29) is 23.5 Å². The Morgan fingerprint density at radius 2 is 2.00 bits per heavy atom. The maximum absolute atomic E-state index is 13.4. The molecule has 1 amide bonds. The first-order valence-electron chi connectivity index (χ1n) is 7.56. The zero-order valence-electron chi connectivity index (χ0n) is 12.8. The summed E-state index contributed by atoms with van der Waals surface area (Å²) >= 11 is 5.60. The molecular weight excluding hydrogens is 331 g/mol. The van der Waals surface area contributed by atoms with Crippen LogP contribution in [0, 0.1) is 5.82 Å². The van der Waals surface area contributed by atoms with E-state index in [1.165, 1.54) is 12.1 Å². The highest BCUT2D eigenvalue weighted by Crippen LogP contribution is 2.30. The van der Waals surface area contributed by atoms with Gasteiger partial charge in [-0.1, -0.05) is 41.9 Å². The van der Waals surface area contributed by atoms with Gasteiger partial charge in [0.25, 0.3) is 5.91 Å². The van der Waals surface area contributed by atoms with Gasteiger partial charge in [0, 0.05) is 12.5 Å². The van der Waals surface area contributed by atoms with Gasteiger partial charge in [-0.25, -0.2) is 4.39 Å². The number of amides is 1. The van der Waals surface area contributed by atoms with Crippen LogP contribution in [0.1, 0.15) is 22.7 Å². The van der Waals surface area contributed by atoms with Gasteiger partial charge in [0.2, 0.25) is 5.78 Å². The minimum Gasteiger partial charge on any atom is -0.341 e. The summed E-state index contributed by atoms with van der Waals surface area (Å²) in [6.07, 6.45) is 0.460. The highest BCUT2D eigenvalue weighted by Gasteiger charge is 2.32. The lowest BCUT2D eigenvalue weighted by Crippen LogP contribution is -2.41. The van der Waals surface area contributed by atoms with Crippen LogP contribution in [0.4, 0.5) is 4.39 Å². The molecule has 2 atom stereocenters. The highest BCUT2D eigenvalue weighted by molar-refractivity contribution is 6.36. The van der Waals surface area contributed by atoms with Crippen molar-refractivity contribution in [3.8, 4) is 0 Å². The molecular formula is C18H16ClFN2O2. The fourth-order valence-electron chi connectivity index (χ4n) is 2.95. The van der Waals surface area contributed by atoms with Crippen molar-refractivity contribution in [2.45, 2.75) is 24.9 Å². The van der Waals surface area contributed by atoms with E-state index < -0.39 is 17.5 Å². The Labute approximate surface area is 143 Å². The lowest BCUT2D eigenvalue weighted by molar-refractivity contribution is -0.138. The minimum atomic E-state index is -0.720. The van der Waals surface area contributed by atoms with Gasteiger partial charge in [0.15, 0.2) is 0 Å². The van der Waals surface area contributed by atoms with Crippen molar-refractivity contribution in [3.05, 3.63) is 70.0 Å². The number of hydrogen-bond donors (Lipinski definition) is 2. The number of halogens is 2. The second-order valence-electron chi connectivity index (χ2n) is 5.87. The first-order chi connectivity index (χ1) is 11.5. The van der Waals surface area contributed by atoms with Crippen LogP contribution in [0.2, 0.25) is 5.02 Å². The van der Waals surface area contributed by atoms with E-state index in [0.29, 0.717) is 12.0 Å². The van der Waals surface area contributed by atoms with Gasteiger partial charge < -0.3 is 11.1 Å². The molecule has 24 heavy (non-hydrogen) atoms. The van der Waals surface area contributed by atoms with Crippen LogP contribution in [-0.4, -0.2) is 17.7 Å². The zero-order chi connectivity index (χ0) is 17.3. The van der Waals surface area contributed by atoms with Crippen molar-refractivity contribution >= 4 is 23.3 Å². The van der Waals surface area contributed by atoms with E-state index in [4.69, 9.17) is 17.3 Å². The maximum Gasteiger partial charge on any atom is 0.288 e. The average Bonchev–Trinajstić information content (AvgIpc) is 2.87. The van der Waals surface area contributed by atoms with Gasteiger partial charge in [-0.3, -0.25) is 9.59 Å². The number of Topliss-reactive ketones (excluding diaryl/α,β-unsaturated/α-hetero) is 1. The number of nitrogens with one attached hydrogen (secondary N) is 1. The molecule has 0 bridgehead atoms. The van der Waals surface area contributed by atoms with E-state index >= 15 is 0 Å². The molecule has 0 aromatic heterocycles. The van der Waals surface area contributed by atoms with Crippen LogP contribution in [-0.2, 0) is 22.4 Å². The highest BCUT2D eigenvalue weighted by atomic mass is 35.5. The first kappa shape index (κ1) is 16.6. The third kappa shape index (κ3) is 3.32. The maximum atomic E-state index is 13.4. The first-order valence-corrected chi connectivity index (χ1v) is 7.94. The molecule has 0 saturated carbocycles. The lowest BCUT2D eigenvalue weighted by atomic mass is 10.1. The van der Waals surface area contributed by atoms with Gasteiger partial charge in [0.05, 0.1) is 11.1 Å². The Kier molecular flexibility index (Phi) is 4.64. The molecule has 124 valence electrons. The lowest BCUT2D eigenvalue weighted by Gasteiger charge is -2.18. The molecule has 2 aromatic rings. The van der Waals surface area contributed by atoms with E-state index in [1.807, 2.05) is 24.3 Å². The summed E-state index contributed by atoms with van der Waals surface area (Å²) in [6.45, 7) is 0. The number of rotatable bonds is 4. The number of benzene rings is 2. The summed E-state index contributed by atoms with van der Waals surface area (Å²) in [5.41, 5.74) is 8.48. The molecule has 1 aliphatic rings. The smallest absolute Gasteiger partial charge is 0.288 e. The van der Waals surface area contributed by atoms with Crippen molar-refractivity contribution in [3.63, 3.8) is 0 Å². The van der Waals surface area contributed by atoms with Crippen molar-refractivity contribution in [1.82, 2.24) is 5.32 Å². The van der Waals surface area contributed by atoms with Crippen LogP contribution >= 0.6 is 11.6 Å². The molecule has 0 aliphatic heterocycles. The van der Waals surface area contributed by atoms with E-state index in [9.17, 15) is 14.0 Å². The van der Waals surface area contributed by atoms with Crippen LogP contribution < -0.4 is 11.1 Å². The topological polar surface area (TPSA) is 72.2 Å². The van der Waals surface area contributed by atoms with Crippen LogP contribution in [0.5, 0.6) is 0 Å². The number of carbonyl (C=O) groups excluding carboxylic acids is 2. The molecule has 1 aliphatic carbocycles. The Bertz CT molecular complexity index is 809.